The molecule has 0 saturated carbocycles. The van der Waals surface area contributed by atoms with Crippen molar-refractivity contribution in [2.24, 2.45) is 5.92 Å². The number of nitrogens with one attached hydrogen (secondary N) is 1. The maximum Gasteiger partial charge on any atom is 0.154 e. The van der Waals surface area contributed by atoms with Gasteiger partial charge in [0.1, 0.15) is 0 Å². The lowest BCUT2D eigenvalue weighted by Crippen LogP contribution is -2.39. The van der Waals surface area contributed by atoms with Crippen LogP contribution in [0.1, 0.15) is 26.7 Å². The smallest absolute Gasteiger partial charge is 0.154 e. The Morgan fingerprint density at radius 1 is 1.40 bits per heavy atom. The molecule has 90 valence electrons. The van der Waals surface area contributed by atoms with Crippen molar-refractivity contribution in [1.82, 2.24) is 5.32 Å². The van der Waals surface area contributed by atoms with Crippen LogP contribution >= 0.6 is 0 Å². The molecule has 2 unspecified atom stereocenters. The quantitative estimate of drug-likeness (QED) is 0.667. The van der Waals surface area contributed by atoms with Gasteiger partial charge in [-0.25, -0.2) is 8.42 Å². The van der Waals surface area contributed by atoms with Crippen molar-refractivity contribution in [3.8, 4) is 0 Å². The van der Waals surface area contributed by atoms with E-state index in [0.29, 0.717) is 5.92 Å². The van der Waals surface area contributed by atoms with E-state index in [4.69, 9.17) is 0 Å². The molecule has 4 nitrogen and oxygen atoms in total. The van der Waals surface area contributed by atoms with Gasteiger partial charge in [0.25, 0.3) is 0 Å². The third-order valence-electron chi connectivity index (χ3n) is 2.69. The van der Waals surface area contributed by atoms with E-state index in [0.717, 1.165) is 19.4 Å². The molecule has 1 rings (SSSR count). The Hall–Kier alpha value is -0.130. The molecule has 0 aromatic heterocycles. The van der Waals surface area contributed by atoms with Gasteiger partial charge in [-0.15, -0.1) is 0 Å². The van der Waals surface area contributed by atoms with Crippen LogP contribution in [0.15, 0.2) is 0 Å². The molecular weight excluding hydrogens is 214 g/mol. The summed E-state index contributed by atoms with van der Waals surface area (Å²) in [6.45, 7) is 5.11. The van der Waals surface area contributed by atoms with Crippen molar-refractivity contribution in [2.45, 2.75) is 38.8 Å². The summed E-state index contributed by atoms with van der Waals surface area (Å²) in [7, 11) is -3.01. The zero-order valence-corrected chi connectivity index (χ0v) is 10.3. The second-order valence-corrected chi connectivity index (χ2v) is 6.89. The number of hydrogen-bond acceptors (Lipinski definition) is 4. The van der Waals surface area contributed by atoms with Gasteiger partial charge in [0.15, 0.2) is 9.84 Å². The lowest BCUT2D eigenvalue weighted by molar-refractivity contribution is 0.166. The molecule has 5 heteroatoms. The van der Waals surface area contributed by atoms with Gasteiger partial charge in [0, 0.05) is 6.04 Å². The molecule has 1 aliphatic heterocycles. The second kappa shape index (κ2) is 5.27. The fraction of sp³-hybridized carbons (Fsp3) is 1.00. The van der Waals surface area contributed by atoms with Crippen LogP contribution in [0.2, 0.25) is 0 Å². The van der Waals surface area contributed by atoms with Crippen LogP contribution < -0.4 is 5.32 Å². The summed E-state index contributed by atoms with van der Waals surface area (Å²) in [5.41, 5.74) is 0. The lowest BCUT2D eigenvalue weighted by atomic mass is 10.1. The first-order valence-corrected chi connectivity index (χ1v) is 7.35. The van der Waals surface area contributed by atoms with E-state index in [1.54, 1.807) is 0 Å². The number of rotatable bonds is 5. The van der Waals surface area contributed by atoms with Gasteiger partial charge in [-0.2, -0.15) is 0 Å². The van der Waals surface area contributed by atoms with Crippen LogP contribution in [-0.4, -0.2) is 43.7 Å². The van der Waals surface area contributed by atoms with Crippen LogP contribution in [0.3, 0.4) is 0 Å². The molecule has 0 aliphatic carbocycles. The second-order valence-electron chi connectivity index (χ2n) is 4.74. The third kappa shape index (κ3) is 4.49. The Morgan fingerprint density at radius 3 is 2.53 bits per heavy atom. The summed E-state index contributed by atoms with van der Waals surface area (Å²) >= 11 is 0. The van der Waals surface area contributed by atoms with Crippen molar-refractivity contribution in [3.05, 3.63) is 0 Å². The van der Waals surface area contributed by atoms with Crippen molar-refractivity contribution >= 4 is 9.84 Å². The Kier molecular flexibility index (Phi) is 4.55. The predicted molar refractivity (Wildman–Crippen MR) is 60.5 cm³/mol. The summed E-state index contributed by atoms with van der Waals surface area (Å²) in [5, 5.41) is 12.6. The SMILES string of the molecule is CC(C)CCCNC1CS(=O)(=O)CC1O. The van der Waals surface area contributed by atoms with Crippen molar-refractivity contribution < 1.29 is 13.5 Å². The molecule has 2 N–H and O–H groups in total. The van der Waals surface area contributed by atoms with E-state index in [2.05, 4.69) is 19.2 Å². The first-order valence-electron chi connectivity index (χ1n) is 5.52. The maximum absolute atomic E-state index is 11.2. The van der Waals surface area contributed by atoms with Gasteiger partial charge in [0.2, 0.25) is 0 Å². The van der Waals surface area contributed by atoms with Gasteiger partial charge in [-0.1, -0.05) is 13.8 Å². The zero-order chi connectivity index (χ0) is 11.5. The fourth-order valence-electron chi connectivity index (χ4n) is 1.82. The number of aliphatic hydroxyl groups excluding tert-OH is 1. The molecule has 0 radical (unpaired) electrons. The molecule has 0 amide bonds. The normalized spacial score (nSPS) is 29.9. The average molecular weight is 235 g/mol. The minimum Gasteiger partial charge on any atom is -0.390 e. The highest BCUT2D eigenvalue weighted by molar-refractivity contribution is 7.91. The van der Waals surface area contributed by atoms with Gasteiger partial charge in [-0.05, 0) is 25.3 Å². The minimum absolute atomic E-state index is 0.0792. The van der Waals surface area contributed by atoms with E-state index in [1.165, 1.54) is 0 Å². The summed E-state index contributed by atoms with van der Waals surface area (Å²) in [6.07, 6.45) is 1.43. The molecule has 0 spiro atoms. The number of sulfone groups is 1. The Balaban J connectivity index is 2.23. The zero-order valence-electron chi connectivity index (χ0n) is 9.44. The molecule has 1 saturated heterocycles. The van der Waals surface area contributed by atoms with E-state index < -0.39 is 15.9 Å². The highest BCUT2D eigenvalue weighted by Gasteiger charge is 2.35. The van der Waals surface area contributed by atoms with E-state index in [9.17, 15) is 13.5 Å². The molecule has 0 aromatic rings. The van der Waals surface area contributed by atoms with E-state index in [1.807, 2.05) is 0 Å². The highest BCUT2D eigenvalue weighted by Crippen LogP contribution is 2.12. The largest absolute Gasteiger partial charge is 0.390 e. The Bertz CT molecular complexity index is 287. The summed E-state index contributed by atoms with van der Waals surface area (Å²) in [6, 6.07) is -0.262. The molecule has 2 atom stereocenters. The van der Waals surface area contributed by atoms with Crippen molar-refractivity contribution in [2.75, 3.05) is 18.1 Å². The maximum atomic E-state index is 11.2. The number of hydrogen-bond donors (Lipinski definition) is 2. The summed E-state index contributed by atoms with van der Waals surface area (Å²) < 4.78 is 22.4. The first-order chi connectivity index (χ1) is 6.91. The molecule has 0 aromatic carbocycles. The molecule has 1 aliphatic rings. The summed E-state index contributed by atoms with van der Waals surface area (Å²) in [5.74, 6) is 0.661. The third-order valence-corrected chi connectivity index (χ3v) is 4.40. The molecular formula is C10H21NO3S. The van der Waals surface area contributed by atoms with Crippen LogP contribution in [0.4, 0.5) is 0 Å². The van der Waals surface area contributed by atoms with E-state index >= 15 is 0 Å². The van der Waals surface area contributed by atoms with Gasteiger partial charge in [0.05, 0.1) is 17.6 Å². The van der Waals surface area contributed by atoms with Gasteiger partial charge < -0.3 is 10.4 Å². The van der Waals surface area contributed by atoms with E-state index in [-0.39, 0.29) is 17.5 Å². The molecule has 1 heterocycles. The van der Waals surface area contributed by atoms with Crippen LogP contribution in [0, 0.1) is 5.92 Å². The standard InChI is InChI=1S/C10H21NO3S/c1-8(2)4-3-5-11-9-6-15(13,14)7-10(9)12/h8-12H,3-7H2,1-2H3. The monoisotopic (exact) mass is 235 g/mol. The minimum atomic E-state index is -3.01. The Morgan fingerprint density at radius 2 is 2.07 bits per heavy atom. The lowest BCUT2D eigenvalue weighted by Gasteiger charge is -2.14. The number of aliphatic hydroxyl groups is 1. The van der Waals surface area contributed by atoms with Crippen molar-refractivity contribution in [3.63, 3.8) is 0 Å². The average Bonchev–Trinajstić information content (AvgIpc) is 2.33. The van der Waals surface area contributed by atoms with Crippen LogP contribution in [0.25, 0.3) is 0 Å². The molecule has 15 heavy (non-hydrogen) atoms. The molecule has 0 bridgehead atoms. The fourth-order valence-corrected chi connectivity index (χ4v) is 3.60. The topological polar surface area (TPSA) is 66.4 Å². The predicted octanol–water partition coefficient (Wildman–Crippen LogP) is 0.170. The van der Waals surface area contributed by atoms with Gasteiger partial charge >= 0.3 is 0 Å². The molecule has 1 fully saturated rings. The first kappa shape index (κ1) is 12.9. The van der Waals surface area contributed by atoms with Crippen LogP contribution in [0.5, 0.6) is 0 Å². The van der Waals surface area contributed by atoms with Crippen LogP contribution in [-0.2, 0) is 9.84 Å². The van der Waals surface area contributed by atoms with Gasteiger partial charge in [-0.3, -0.25) is 0 Å². The summed E-state index contributed by atoms with van der Waals surface area (Å²) in [4.78, 5) is 0. The highest BCUT2D eigenvalue weighted by atomic mass is 32.2. The Labute approximate surface area is 92.0 Å². The van der Waals surface area contributed by atoms with Crippen molar-refractivity contribution in [1.29, 1.82) is 0 Å².